The van der Waals surface area contributed by atoms with Crippen LogP contribution in [0, 0.1) is 29.5 Å². The first kappa shape index (κ1) is 59.3. The van der Waals surface area contributed by atoms with Gasteiger partial charge in [0.1, 0.15) is 11.6 Å². The van der Waals surface area contributed by atoms with Crippen LogP contribution in [-0.2, 0) is 0 Å². The summed E-state index contributed by atoms with van der Waals surface area (Å²) in [6.07, 6.45) is 0. The molecule has 0 unspecified atom stereocenters. The van der Waals surface area contributed by atoms with Gasteiger partial charge in [-0.05, 0) is 128 Å². The molecule has 88 heavy (non-hydrogen) atoms. The molecule has 0 heterocycles. The highest BCUT2D eigenvalue weighted by Gasteiger charge is 2.30. The third kappa shape index (κ3) is 11.2. The van der Waals surface area contributed by atoms with Gasteiger partial charge in [0.05, 0.1) is 73.2 Å². The monoisotopic (exact) mass is 1210 g/mol. The number of hydrogen-bond acceptors (Lipinski definition) is 3. The molecule has 0 radical (unpaired) electrons. The lowest BCUT2D eigenvalue weighted by atomic mass is 9.90. The molecule has 12 aromatic rings. The molecule has 434 valence electrons. The van der Waals surface area contributed by atoms with Gasteiger partial charge in [-0.3, -0.25) is 0 Å². The standard InChI is InChI=1S/C78H72F2N4Si4/c1-82-60-28-32-62(33-29-60)84(78-70(55-22-40-66(41-23-55)88(11,12)13)47-59(49-72(78)80)53-18-36-64(37-19-53)86(5,6)7)74-45-27-57-24-42-67-73(44-26-56-25-43-68(74)76(57)75(56)67)83(61-30-14-51(50-81)15-31-61)77-69(54-20-38-65(39-21-54)87(8,9)10)46-58(48-71(77)79)52-16-34-63(35-17-52)85(2,3)4/h14-49H,2-13H3. The maximum absolute atomic E-state index is 18.4. The number of nitriles is 1. The molecular formula is C78H72F2N4Si4. The largest absolute Gasteiger partial charge is 0.307 e. The number of benzene rings is 12. The first-order valence-corrected chi connectivity index (χ1v) is 44.3. The molecule has 12 rings (SSSR count). The van der Waals surface area contributed by atoms with E-state index in [0.29, 0.717) is 34.0 Å². The Morgan fingerprint density at radius 3 is 1.00 bits per heavy atom. The molecule has 10 heteroatoms. The second-order valence-electron chi connectivity index (χ2n) is 27.6. The minimum absolute atomic E-state index is 0.383. The zero-order chi connectivity index (χ0) is 62.2. The first-order chi connectivity index (χ1) is 41.9. The van der Waals surface area contributed by atoms with Gasteiger partial charge in [0.25, 0.3) is 0 Å². The number of rotatable bonds is 14. The lowest BCUT2D eigenvalue weighted by molar-refractivity contribution is 0.629. The predicted molar refractivity (Wildman–Crippen MR) is 384 cm³/mol. The lowest BCUT2D eigenvalue weighted by Crippen LogP contribution is -2.37. The summed E-state index contributed by atoms with van der Waals surface area (Å²) in [5.41, 5.74) is 11.3. The summed E-state index contributed by atoms with van der Waals surface area (Å²) >= 11 is 0. The summed E-state index contributed by atoms with van der Waals surface area (Å²) in [6, 6.07) is 76.4. The highest BCUT2D eigenvalue weighted by molar-refractivity contribution is 6.90. The third-order valence-corrected chi connectivity index (χ3v) is 25.7. The van der Waals surface area contributed by atoms with E-state index >= 15 is 8.78 Å². The minimum Gasteiger partial charge on any atom is -0.307 e. The van der Waals surface area contributed by atoms with Crippen LogP contribution in [-0.4, -0.2) is 32.3 Å². The zero-order valence-corrected chi connectivity index (χ0v) is 56.3. The van der Waals surface area contributed by atoms with Crippen molar-refractivity contribution in [1.82, 2.24) is 0 Å². The van der Waals surface area contributed by atoms with E-state index in [2.05, 4.69) is 247 Å². The Bertz CT molecular complexity index is 4410. The van der Waals surface area contributed by atoms with Crippen LogP contribution in [0.15, 0.2) is 218 Å². The molecule has 0 bridgehead atoms. The maximum atomic E-state index is 18.4. The summed E-state index contributed by atoms with van der Waals surface area (Å²) in [6.45, 7) is 36.0. The molecule has 0 N–H and O–H groups in total. The Balaban J connectivity index is 1.11. The average molecular weight is 1220 g/mol. The van der Waals surface area contributed by atoms with Crippen molar-refractivity contribution in [2.24, 2.45) is 0 Å². The van der Waals surface area contributed by atoms with Crippen molar-refractivity contribution < 1.29 is 8.78 Å². The van der Waals surface area contributed by atoms with Crippen molar-refractivity contribution in [3.05, 3.63) is 247 Å². The van der Waals surface area contributed by atoms with Gasteiger partial charge in [0.15, 0.2) is 5.69 Å². The highest BCUT2D eigenvalue weighted by atomic mass is 28.3. The van der Waals surface area contributed by atoms with E-state index in [1.807, 2.05) is 34.1 Å². The Morgan fingerprint density at radius 2 is 0.682 bits per heavy atom. The van der Waals surface area contributed by atoms with Crippen LogP contribution >= 0.6 is 0 Å². The fraction of sp³-hybridized carbons (Fsp3) is 0.154. The Hall–Kier alpha value is -9.01. The van der Waals surface area contributed by atoms with Gasteiger partial charge in [-0.25, -0.2) is 13.6 Å². The van der Waals surface area contributed by atoms with Crippen LogP contribution in [0.2, 0.25) is 78.6 Å². The fourth-order valence-electron chi connectivity index (χ4n) is 12.3. The molecule has 0 atom stereocenters. The summed E-state index contributed by atoms with van der Waals surface area (Å²) in [4.78, 5) is 7.83. The molecule has 4 nitrogen and oxygen atoms in total. The second-order valence-corrected chi connectivity index (χ2v) is 47.9. The van der Waals surface area contributed by atoms with E-state index in [-0.39, 0.29) is 5.82 Å². The number of halogens is 2. The number of anilines is 6. The van der Waals surface area contributed by atoms with Gasteiger partial charge in [-0.15, -0.1) is 0 Å². The van der Waals surface area contributed by atoms with Crippen molar-refractivity contribution in [2.75, 3.05) is 9.80 Å². The molecule has 0 spiro atoms. The van der Waals surface area contributed by atoms with Crippen LogP contribution in [0.4, 0.5) is 48.6 Å². The molecule has 0 aliphatic rings. The van der Waals surface area contributed by atoms with E-state index in [9.17, 15) is 5.26 Å². The van der Waals surface area contributed by atoms with E-state index < -0.39 is 38.1 Å². The molecule has 0 saturated heterocycles. The summed E-state index contributed by atoms with van der Waals surface area (Å²) in [5.74, 6) is -0.783. The van der Waals surface area contributed by atoms with Crippen molar-refractivity contribution in [3.63, 3.8) is 0 Å². The van der Waals surface area contributed by atoms with Crippen LogP contribution < -0.4 is 30.5 Å². The van der Waals surface area contributed by atoms with Gasteiger partial charge in [0.2, 0.25) is 0 Å². The van der Waals surface area contributed by atoms with E-state index in [1.54, 1.807) is 36.4 Å². The van der Waals surface area contributed by atoms with Gasteiger partial charge in [-0.1, -0.05) is 245 Å². The Morgan fingerprint density at radius 1 is 0.364 bits per heavy atom. The molecule has 0 saturated carbocycles. The van der Waals surface area contributed by atoms with Crippen molar-refractivity contribution in [3.8, 4) is 50.6 Å². The van der Waals surface area contributed by atoms with Gasteiger partial charge < -0.3 is 9.80 Å². The minimum atomic E-state index is -1.71. The zero-order valence-electron chi connectivity index (χ0n) is 52.3. The second kappa shape index (κ2) is 22.6. The van der Waals surface area contributed by atoms with E-state index in [4.69, 9.17) is 6.57 Å². The Labute approximate surface area is 521 Å². The van der Waals surface area contributed by atoms with Gasteiger partial charge in [0, 0.05) is 33.3 Å². The van der Waals surface area contributed by atoms with Crippen LogP contribution in [0.25, 0.3) is 81.7 Å². The number of nitrogens with zero attached hydrogens (tertiary/aromatic N) is 4. The SMILES string of the molecule is [C-]#[N+]c1ccc(N(c2c(F)cc(-c3ccc([Si](C)(C)C)cc3)cc2-c2ccc([Si](C)(C)C)cc2)c2ccc3ccc4c(N(c5ccc(C#N)cc5)c5c(F)cc(-c6ccc([Si](C)(C)C)cc6)cc5-c5ccc([Si](C)(C)C)cc5)ccc5ccc2c3c54)cc1. The summed E-state index contributed by atoms with van der Waals surface area (Å²) < 4.78 is 36.8. The summed E-state index contributed by atoms with van der Waals surface area (Å²) in [7, 11) is -6.64. The molecular weight excluding hydrogens is 1140 g/mol. The van der Waals surface area contributed by atoms with Crippen LogP contribution in [0.1, 0.15) is 5.56 Å². The molecule has 0 aromatic heterocycles. The normalized spacial score (nSPS) is 12.2. The topological polar surface area (TPSA) is 34.6 Å². The maximum Gasteiger partial charge on any atom is 0.187 e. The lowest BCUT2D eigenvalue weighted by Gasteiger charge is -2.32. The van der Waals surface area contributed by atoms with E-state index in [0.717, 1.165) is 88.2 Å². The van der Waals surface area contributed by atoms with Crippen molar-refractivity contribution in [1.29, 1.82) is 5.26 Å². The van der Waals surface area contributed by atoms with Crippen LogP contribution in [0.3, 0.4) is 0 Å². The molecule has 12 aromatic carbocycles. The molecule has 0 aliphatic carbocycles. The quantitative estimate of drug-likeness (QED) is 0.0618. The van der Waals surface area contributed by atoms with Crippen molar-refractivity contribution in [2.45, 2.75) is 78.6 Å². The van der Waals surface area contributed by atoms with Crippen LogP contribution in [0.5, 0.6) is 0 Å². The Kier molecular flexibility index (Phi) is 15.2. The molecule has 0 aliphatic heterocycles. The molecule has 0 fully saturated rings. The average Bonchev–Trinajstić information content (AvgIpc) is 0.805. The first-order valence-electron chi connectivity index (χ1n) is 30.3. The van der Waals surface area contributed by atoms with E-state index in [1.165, 1.54) is 20.7 Å². The highest BCUT2D eigenvalue weighted by Crippen LogP contribution is 2.52. The van der Waals surface area contributed by atoms with Gasteiger partial charge in [-0.2, -0.15) is 5.26 Å². The molecule has 0 amide bonds. The summed E-state index contributed by atoms with van der Waals surface area (Å²) in [5, 5.41) is 21.1. The fourth-order valence-corrected chi connectivity index (χ4v) is 17.0. The number of hydrogen-bond donors (Lipinski definition) is 0. The predicted octanol–water partition coefficient (Wildman–Crippen LogP) is 21.1. The van der Waals surface area contributed by atoms with Gasteiger partial charge >= 0.3 is 0 Å². The van der Waals surface area contributed by atoms with Crippen molar-refractivity contribution >= 4 is 125 Å². The smallest absolute Gasteiger partial charge is 0.187 e. The third-order valence-electron chi connectivity index (χ3n) is 17.5.